The van der Waals surface area contributed by atoms with Crippen molar-refractivity contribution in [3.05, 3.63) is 60.7 Å². The normalized spacial score (nSPS) is 13.0. The summed E-state index contributed by atoms with van der Waals surface area (Å²) in [6.45, 7) is 0.585. The van der Waals surface area contributed by atoms with E-state index in [1.807, 2.05) is 0 Å². The fraction of sp³-hybridized carbons (Fsp3) is 0.560. The van der Waals surface area contributed by atoms with Crippen molar-refractivity contribution in [2.24, 2.45) is 0 Å². The first-order valence-corrected chi connectivity index (χ1v) is 14.6. The first kappa shape index (κ1) is 35.1. The van der Waals surface area contributed by atoms with Crippen molar-refractivity contribution in [1.29, 1.82) is 0 Å². The minimum absolute atomic E-state index is 0. The van der Waals surface area contributed by atoms with Gasteiger partial charge >= 0.3 is 35.5 Å². The molecule has 12 nitrogen and oxygen atoms in total. The number of benzene rings is 1. The topological polar surface area (TPSA) is 146 Å². The fourth-order valence-electron chi connectivity index (χ4n) is 4.18. The molecule has 1 atom stereocenters. The zero-order valence-electron chi connectivity index (χ0n) is 23.4. The molecule has 2 aromatic heterocycles. The molecule has 0 N–H and O–H groups in total. The van der Waals surface area contributed by atoms with Crippen LogP contribution in [-0.4, -0.2) is 48.7 Å². The Bertz CT molecular complexity index is 1190. The van der Waals surface area contributed by atoms with Crippen LogP contribution in [0.25, 0.3) is 0 Å². The van der Waals surface area contributed by atoms with E-state index in [0.29, 0.717) is 12.5 Å². The zero-order chi connectivity index (χ0) is 28.8. The third kappa shape index (κ3) is 12.0. The maximum absolute atomic E-state index is 15.1. The number of carbonyl (C=O) groups is 1. The van der Waals surface area contributed by atoms with Crippen molar-refractivity contribution >= 4 is 13.8 Å². The molecule has 1 unspecified atom stereocenters. The van der Waals surface area contributed by atoms with Gasteiger partial charge in [0.1, 0.15) is 49.2 Å². The van der Waals surface area contributed by atoms with Gasteiger partial charge in [-0.2, -0.15) is 10.2 Å². The van der Waals surface area contributed by atoms with E-state index >= 15 is 4.39 Å². The van der Waals surface area contributed by atoms with E-state index < -0.39 is 37.6 Å². The van der Waals surface area contributed by atoms with Gasteiger partial charge in [-0.25, -0.2) is 28.1 Å². The Hall–Kier alpha value is -2.06. The summed E-state index contributed by atoms with van der Waals surface area (Å²) in [5.41, 5.74) is -2.33. The Morgan fingerprint density at radius 1 is 0.976 bits per heavy atom. The summed E-state index contributed by atoms with van der Waals surface area (Å²) in [6.07, 6.45) is 12.5. The molecule has 0 aliphatic carbocycles. The van der Waals surface area contributed by atoms with E-state index in [-0.39, 0.29) is 61.2 Å². The minimum atomic E-state index is -5.17. The van der Waals surface area contributed by atoms with Gasteiger partial charge in [-0.3, -0.25) is 9.36 Å². The van der Waals surface area contributed by atoms with Crippen LogP contribution in [0.15, 0.2) is 43.5 Å². The zero-order valence-corrected chi connectivity index (χ0v) is 26.3. The van der Waals surface area contributed by atoms with Crippen LogP contribution in [0.2, 0.25) is 0 Å². The second-order valence-corrected chi connectivity index (χ2v) is 10.6. The first-order chi connectivity index (χ1) is 19.2. The molecule has 1 aromatic carbocycles. The Labute approximate surface area is 259 Å². The number of carbonyl (C=O) groups excluding carboxylic acids is 1. The number of rotatable bonds is 19. The summed E-state index contributed by atoms with van der Waals surface area (Å²) in [5, 5.41) is 7.94. The fourth-order valence-corrected chi connectivity index (χ4v) is 5.17. The van der Waals surface area contributed by atoms with Gasteiger partial charge in [-0.05, 0) is 12.5 Å². The van der Waals surface area contributed by atoms with Crippen LogP contribution in [0.4, 0.5) is 8.78 Å². The van der Waals surface area contributed by atoms with Crippen LogP contribution < -0.4 is 34.5 Å². The van der Waals surface area contributed by atoms with Crippen molar-refractivity contribution in [3.8, 4) is 0 Å². The Morgan fingerprint density at radius 2 is 1.59 bits per heavy atom. The number of halogens is 2. The summed E-state index contributed by atoms with van der Waals surface area (Å²) in [6, 6.07) is 2.65. The van der Waals surface area contributed by atoms with Gasteiger partial charge in [0, 0.05) is 18.1 Å². The number of nitrogens with zero attached hydrogens (tertiary/aromatic N) is 6. The van der Waals surface area contributed by atoms with E-state index in [4.69, 9.17) is 13.8 Å². The van der Waals surface area contributed by atoms with Gasteiger partial charge in [-0.15, -0.1) is 0 Å². The minimum Gasteiger partial charge on any atom is -0.756 e. The predicted octanol–water partition coefficient (Wildman–Crippen LogP) is 0.933. The van der Waals surface area contributed by atoms with E-state index in [1.165, 1.54) is 53.9 Å². The van der Waals surface area contributed by atoms with Gasteiger partial charge in [0.05, 0.1) is 19.7 Å². The smallest absolute Gasteiger partial charge is 0.756 e. The number of hydrogen-bond acceptors (Lipinski definition) is 10. The molecule has 0 amide bonds. The van der Waals surface area contributed by atoms with E-state index in [1.54, 1.807) is 0 Å². The Balaban J connectivity index is 0.00000588. The van der Waals surface area contributed by atoms with Crippen LogP contribution in [0.1, 0.15) is 63.9 Å². The predicted molar refractivity (Wildman–Crippen MR) is 136 cm³/mol. The maximum atomic E-state index is 15.1. The number of esters is 1. The number of ether oxygens (including phenoxy) is 1. The standard InChI is InChI=1S/C25H35F2N6O6P.Na/c1-2-3-4-5-6-7-8-9-24(34)37-12-13-38-40(35,36)39-25(15-32-19-28-17-30-32,16-33-20-29-18-31-33)22-11-10-21(26)14-23(22)27;/h10-11,14,17-20H,2-9,12-13,15-16H2,1H3,(H,35,36);/q;+1/p-1. The van der Waals surface area contributed by atoms with Crippen LogP contribution in [-0.2, 0) is 41.8 Å². The monoisotopic (exact) mass is 606 g/mol. The summed E-state index contributed by atoms with van der Waals surface area (Å²) < 4.78 is 59.8. The van der Waals surface area contributed by atoms with Gasteiger partial charge in [0.15, 0.2) is 0 Å². The number of phosphoric acid groups is 1. The molecule has 0 fully saturated rings. The average molecular weight is 607 g/mol. The number of unbranched alkanes of at least 4 members (excludes halogenated alkanes) is 6. The van der Waals surface area contributed by atoms with Crippen molar-refractivity contribution in [3.63, 3.8) is 0 Å². The largest absolute Gasteiger partial charge is 1.00 e. The van der Waals surface area contributed by atoms with Gasteiger partial charge in [-0.1, -0.05) is 51.5 Å². The number of phosphoric ester groups is 1. The SMILES string of the molecule is CCCCCCCCCC(=O)OCCOP(=O)([O-])OC(Cn1cncn1)(Cn1cncn1)c1ccc(F)cc1F.[Na+]. The van der Waals surface area contributed by atoms with Gasteiger partial charge in [0.25, 0.3) is 7.82 Å². The molecule has 41 heavy (non-hydrogen) atoms. The Morgan fingerprint density at radius 3 is 2.15 bits per heavy atom. The molecule has 2 heterocycles. The van der Waals surface area contributed by atoms with Gasteiger partial charge < -0.3 is 18.7 Å². The molecule has 0 spiro atoms. The van der Waals surface area contributed by atoms with Crippen molar-refractivity contribution < 1.29 is 66.4 Å². The molecule has 0 radical (unpaired) electrons. The van der Waals surface area contributed by atoms with Crippen molar-refractivity contribution in [1.82, 2.24) is 29.5 Å². The molecule has 0 aliphatic rings. The quantitative estimate of drug-likeness (QED) is 0.0836. The molecule has 0 saturated heterocycles. The second kappa shape index (κ2) is 17.8. The molecular weight excluding hydrogens is 572 g/mol. The number of aromatic nitrogens is 6. The van der Waals surface area contributed by atoms with Crippen LogP contribution in [0.5, 0.6) is 0 Å². The maximum Gasteiger partial charge on any atom is 1.00 e. The molecule has 220 valence electrons. The summed E-state index contributed by atoms with van der Waals surface area (Å²) in [7, 11) is -5.17. The molecule has 3 aromatic rings. The molecular formula is C25H34F2N6NaO6P. The van der Waals surface area contributed by atoms with E-state index in [9.17, 15) is 18.6 Å². The first-order valence-electron chi connectivity index (χ1n) is 13.2. The summed E-state index contributed by atoms with van der Waals surface area (Å²) >= 11 is 0. The second-order valence-electron chi connectivity index (χ2n) is 9.27. The van der Waals surface area contributed by atoms with E-state index in [2.05, 4.69) is 27.1 Å². The third-order valence-electron chi connectivity index (χ3n) is 6.06. The molecule has 0 aliphatic heterocycles. The summed E-state index contributed by atoms with van der Waals surface area (Å²) in [5.74, 6) is -2.38. The van der Waals surface area contributed by atoms with Crippen LogP contribution >= 0.6 is 7.82 Å². The van der Waals surface area contributed by atoms with Crippen LogP contribution in [0.3, 0.4) is 0 Å². The molecule has 0 saturated carbocycles. The molecule has 0 bridgehead atoms. The van der Waals surface area contributed by atoms with Crippen LogP contribution in [0, 0.1) is 11.6 Å². The number of hydrogen-bond donors (Lipinski definition) is 0. The van der Waals surface area contributed by atoms with E-state index in [0.717, 1.165) is 31.4 Å². The van der Waals surface area contributed by atoms with Crippen molar-refractivity contribution in [2.75, 3.05) is 13.2 Å². The average Bonchev–Trinajstić information content (AvgIpc) is 3.60. The van der Waals surface area contributed by atoms with Gasteiger partial charge in [0.2, 0.25) is 0 Å². The Kier molecular flexibility index (Phi) is 15.2. The molecule has 16 heteroatoms. The molecule has 3 rings (SSSR count). The van der Waals surface area contributed by atoms with Crippen molar-refractivity contribution in [2.45, 2.75) is 77.0 Å². The third-order valence-corrected chi connectivity index (χ3v) is 7.13. The summed E-state index contributed by atoms with van der Waals surface area (Å²) in [4.78, 5) is 32.6.